The minimum absolute atomic E-state index is 0.0592. The number of nitrogens with one attached hydrogen (secondary N) is 1. The highest BCUT2D eigenvalue weighted by molar-refractivity contribution is 5.81. The molecule has 7 heteroatoms. The molecule has 7 nitrogen and oxygen atoms in total. The normalized spacial score (nSPS) is 13.2. The maximum Gasteiger partial charge on any atom is 0.407 e. The van der Waals surface area contributed by atoms with Crippen molar-refractivity contribution in [2.75, 3.05) is 6.61 Å². The molecule has 1 atom stereocenters. The lowest BCUT2D eigenvalue weighted by Gasteiger charge is -2.17. The first-order valence-electron chi connectivity index (χ1n) is 10.0. The number of carboxylic acids is 1. The van der Waals surface area contributed by atoms with E-state index in [1.165, 1.54) is 0 Å². The zero-order valence-corrected chi connectivity index (χ0v) is 16.9. The second-order valence-electron chi connectivity index (χ2n) is 7.42. The van der Waals surface area contributed by atoms with Crippen LogP contribution in [-0.4, -0.2) is 39.4 Å². The quantitative estimate of drug-likeness (QED) is 0.546. The number of aliphatic carboxylic acids is 1. The molecule has 3 aromatic rings. The third-order valence-corrected chi connectivity index (χ3v) is 5.37. The highest BCUT2D eigenvalue weighted by atomic mass is 16.5. The third kappa shape index (κ3) is 4.35. The molecule has 0 fully saturated rings. The summed E-state index contributed by atoms with van der Waals surface area (Å²) in [5.41, 5.74) is 5.02. The number of carboxylic acid groups (broad SMARTS) is 1. The van der Waals surface area contributed by atoms with Crippen molar-refractivity contribution in [3.63, 3.8) is 0 Å². The van der Waals surface area contributed by atoms with Gasteiger partial charge in [0.25, 0.3) is 0 Å². The molecule has 0 aliphatic heterocycles. The van der Waals surface area contributed by atoms with Crippen molar-refractivity contribution in [2.45, 2.75) is 24.9 Å². The SMILES string of the molecule is C=CCn1cnc(C[C@H](NC(=O)OCC2c3ccccc3-c3ccccc32)C(=O)O)c1. The predicted molar refractivity (Wildman–Crippen MR) is 116 cm³/mol. The van der Waals surface area contributed by atoms with Gasteiger partial charge in [-0.3, -0.25) is 0 Å². The Morgan fingerprint density at radius 3 is 2.42 bits per heavy atom. The number of carbonyl (C=O) groups is 2. The Balaban J connectivity index is 1.41. The van der Waals surface area contributed by atoms with Gasteiger partial charge in [0.05, 0.1) is 12.0 Å². The molecule has 1 aromatic heterocycles. The lowest BCUT2D eigenvalue weighted by atomic mass is 9.98. The number of nitrogens with zero attached hydrogens (tertiary/aromatic N) is 2. The summed E-state index contributed by atoms with van der Waals surface area (Å²) in [5, 5.41) is 12.0. The van der Waals surface area contributed by atoms with Crippen molar-refractivity contribution in [3.8, 4) is 11.1 Å². The van der Waals surface area contributed by atoms with Gasteiger partial charge in [0.2, 0.25) is 0 Å². The van der Waals surface area contributed by atoms with Crippen molar-refractivity contribution in [1.29, 1.82) is 0 Å². The van der Waals surface area contributed by atoms with Crippen LogP contribution in [0.15, 0.2) is 73.7 Å². The Hall–Kier alpha value is -3.87. The number of alkyl carbamates (subject to hydrolysis) is 1. The van der Waals surface area contributed by atoms with Crippen LogP contribution in [0, 0.1) is 0 Å². The molecule has 0 saturated heterocycles. The van der Waals surface area contributed by atoms with Gasteiger partial charge in [-0.2, -0.15) is 0 Å². The number of allylic oxidation sites excluding steroid dienone is 1. The molecule has 2 N–H and O–H groups in total. The number of benzene rings is 2. The van der Waals surface area contributed by atoms with Crippen molar-refractivity contribution in [1.82, 2.24) is 14.9 Å². The molecule has 1 aliphatic rings. The van der Waals surface area contributed by atoms with Crippen LogP contribution in [0.25, 0.3) is 11.1 Å². The van der Waals surface area contributed by atoms with Gasteiger partial charge >= 0.3 is 12.1 Å². The summed E-state index contributed by atoms with van der Waals surface area (Å²) in [6.45, 7) is 4.36. The molecule has 2 aromatic carbocycles. The van der Waals surface area contributed by atoms with E-state index in [1.54, 1.807) is 23.2 Å². The summed E-state index contributed by atoms with van der Waals surface area (Å²) < 4.78 is 7.24. The number of ether oxygens (including phenoxy) is 1. The van der Waals surface area contributed by atoms with Crippen LogP contribution in [0.5, 0.6) is 0 Å². The maximum atomic E-state index is 12.4. The summed E-state index contributed by atoms with van der Waals surface area (Å²) in [6.07, 6.45) is 4.35. The second-order valence-corrected chi connectivity index (χ2v) is 7.42. The molecule has 1 amide bonds. The summed E-state index contributed by atoms with van der Waals surface area (Å²) in [7, 11) is 0. The van der Waals surface area contributed by atoms with Crippen molar-refractivity contribution in [3.05, 3.63) is 90.5 Å². The molecule has 0 bridgehead atoms. The van der Waals surface area contributed by atoms with Gasteiger partial charge in [0.1, 0.15) is 12.6 Å². The predicted octanol–water partition coefficient (Wildman–Crippen LogP) is 3.60. The first-order chi connectivity index (χ1) is 15.1. The molecule has 0 radical (unpaired) electrons. The Morgan fingerprint density at radius 1 is 1.16 bits per heavy atom. The van der Waals surface area contributed by atoms with E-state index in [-0.39, 0.29) is 18.9 Å². The van der Waals surface area contributed by atoms with Crippen LogP contribution in [0.4, 0.5) is 4.79 Å². The number of aromatic nitrogens is 2. The smallest absolute Gasteiger partial charge is 0.407 e. The first-order valence-corrected chi connectivity index (χ1v) is 10.0. The van der Waals surface area contributed by atoms with Crippen LogP contribution in [-0.2, 0) is 22.5 Å². The number of hydrogen-bond acceptors (Lipinski definition) is 4. The number of hydrogen-bond donors (Lipinski definition) is 2. The number of amides is 1. The van der Waals surface area contributed by atoms with Gasteiger partial charge in [0, 0.05) is 25.1 Å². The lowest BCUT2D eigenvalue weighted by Crippen LogP contribution is -2.43. The standard InChI is InChI=1S/C24H23N3O4/c1-2-11-27-13-16(25-15-27)12-22(23(28)29)26-24(30)31-14-21-19-9-5-3-7-17(19)18-8-4-6-10-20(18)21/h2-10,13,15,21-22H,1,11-12,14H2,(H,26,30)(H,28,29)/t22-/m0/s1. The maximum absolute atomic E-state index is 12.4. The molecule has 1 heterocycles. The fraction of sp³-hybridized carbons (Fsp3) is 0.208. The average molecular weight is 417 g/mol. The van der Waals surface area contributed by atoms with Gasteiger partial charge in [-0.1, -0.05) is 54.6 Å². The van der Waals surface area contributed by atoms with Gasteiger partial charge in [-0.05, 0) is 22.3 Å². The summed E-state index contributed by atoms with van der Waals surface area (Å²) in [5.74, 6) is -1.23. The molecular weight excluding hydrogens is 394 g/mol. The van der Waals surface area contributed by atoms with E-state index in [0.29, 0.717) is 12.2 Å². The largest absolute Gasteiger partial charge is 0.480 e. The van der Waals surface area contributed by atoms with E-state index in [2.05, 4.69) is 29.0 Å². The van der Waals surface area contributed by atoms with Gasteiger partial charge < -0.3 is 19.7 Å². The summed E-state index contributed by atoms with van der Waals surface area (Å²) in [6, 6.07) is 14.9. The van der Waals surface area contributed by atoms with Crippen LogP contribution in [0.3, 0.4) is 0 Å². The van der Waals surface area contributed by atoms with Gasteiger partial charge in [-0.15, -0.1) is 6.58 Å². The Morgan fingerprint density at radius 2 is 1.81 bits per heavy atom. The monoisotopic (exact) mass is 417 g/mol. The molecule has 0 unspecified atom stereocenters. The van der Waals surface area contributed by atoms with Crippen LogP contribution in [0.1, 0.15) is 22.7 Å². The topological polar surface area (TPSA) is 93.5 Å². The number of rotatable bonds is 8. The highest BCUT2D eigenvalue weighted by Gasteiger charge is 2.30. The number of carbonyl (C=O) groups excluding carboxylic acids is 1. The first kappa shape index (κ1) is 20.4. The fourth-order valence-electron chi connectivity index (χ4n) is 3.95. The Bertz CT molecular complexity index is 1080. The van der Waals surface area contributed by atoms with Crippen molar-refractivity contribution < 1.29 is 19.4 Å². The average Bonchev–Trinajstić information content (AvgIpc) is 3.34. The lowest BCUT2D eigenvalue weighted by molar-refractivity contribution is -0.139. The highest BCUT2D eigenvalue weighted by Crippen LogP contribution is 2.44. The molecule has 31 heavy (non-hydrogen) atoms. The van der Waals surface area contributed by atoms with E-state index in [0.717, 1.165) is 22.3 Å². The fourth-order valence-corrected chi connectivity index (χ4v) is 3.95. The molecule has 4 rings (SSSR count). The minimum atomic E-state index is -1.15. The van der Waals surface area contributed by atoms with Gasteiger partial charge in [0.15, 0.2) is 0 Å². The zero-order chi connectivity index (χ0) is 21.8. The Kier molecular flexibility index (Phi) is 5.84. The number of imidazole rings is 1. The van der Waals surface area contributed by atoms with E-state index in [1.807, 2.05) is 36.4 Å². The van der Waals surface area contributed by atoms with Crippen LogP contribution < -0.4 is 5.32 Å². The summed E-state index contributed by atoms with van der Waals surface area (Å²) >= 11 is 0. The van der Waals surface area contributed by atoms with Crippen LogP contribution >= 0.6 is 0 Å². The Labute approximate surface area is 180 Å². The summed E-state index contributed by atoms with van der Waals surface area (Å²) in [4.78, 5) is 28.2. The molecule has 158 valence electrons. The van der Waals surface area contributed by atoms with Gasteiger partial charge in [-0.25, -0.2) is 14.6 Å². The van der Waals surface area contributed by atoms with Crippen molar-refractivity contribution in [2.24, 2.45) is 0 Å². The number of fused-ring (bicyclic) bond motifs is 3. The zero-order valence-electron chi connectivity index (χ0n) is 16.9. The molecular formula is C24H23N3O4. The molecule has 0 spiro atoms. The van der Waals surface area contributed by atoms with Crippen LogP contribution in [0.2, 0.25) is 0 Å². The van der Waals surface area contributed by atoms with E-state index < -0.39 is 18.1 Å². The third-order valence-electron chi connectivity index (χ3n) is 5.37. The molecule has 0 saturated carbocycles. The van der Waals surface area contributed by atoms with E-state index >= 15 is 0 Å². The molecule has 1 aliphatic carbocycles. The van der Waals surface area contributed by atoms with E-state index in [9.17, 15) is 14.7 Å². The second kappa shape index (κ2) is 8.87. The van der Waals surface area contributed by atoms with E-state index in [4.69, 9.17) is 4.74 Å². The minimum Gasteiger partial charge on any atom is -0.480 e. The van der Waals surface area contributed by atoms with Crippen molar-refractivity contribution >= 4 is 12.1 Å².